The van der Waals surface area contributed by atoms with E-state index in [0.717, 1.165) is 13.2 Å². The van der Waals surface area contributed by atoms with Gasteiger partial charge in [-0.15, -0.1) is 0 Å². The van der Waals surface area contributed by atoms with Crippen LogP contribution in [0.25, 0.3) is 0 Å². The first-order valence-corrected chi connectivity index (χ1v) is 3.24. The van der Waals surface area contributed by atoms with Gasteiger partial charge in [-0.25, -0.2) is 13.2 Å². The van der Waals surface area contributed by atoms with Gasteiger partial charge in [0.05, 0.1) is 6.26 Å². The maximum absolute atomic E-state index is 12.4. The van der Waals surface area contributed by atoms with Crippen LogP contribution >= 0.6 is 0 Å². The van der Waals surface area contributed by atoms with Crippen LogP contribution in [0.15, 0.2) is 12.8 Å². The Bertz CT molecular complexity index is 116. The monoisotopic (exact) mass is 168 g/mol. The van der Waals surface area contributed by atoms with Gasteiger partial charge in [0.2, 0.25) is 0 Å². The molecule has 0 spiro atoms. The third kappa shape index (κ3) is 3.30. The van der Waals surface area contributed by atoms with E-state index in [9.17, 15) is 13.2 Å². The lowest BCUT2D eigenvalue weighted by Crippen LogP contribution is -2.33. The molecule has 0 radical (unpaired) electrons. The Balaban J connectivity index is 3.96. The average Bonchev–Trinajstić information content (AvgIpc) is 1.98. The highest BCUT2D eigenvalue weighted by atomic mass is 19.2. The maximum Gasteiger partial charge on any atom is 0.168 e. The van der Waals surface area contributed by atoms with E-state index in [4.69, 9.17) is 0 Å². The second-order valence-electron chi connectivity index (χ2n) is 2.12. The molecule has 0 saturated carbocycles. The summed E-state index contributed by atoms with van der Waals surface area (Å²) in [7, 11) is 0. The molecule has 0 aliphatic heterocycles. The predicted octanol–water partition coefficient (Wildman–Crippen LogP) is 2.18. The van der Waals surface area contributed by atoms with Crippen molar-refractivity contribution in [1.82, 2.24) is 0 Å². The molecule has 66 valence electrons. The van der Waals surface area contributed by atoms with Crippen molar-refractivity contribution < 1.29 is 17.9 Å². The van der Waals surface area contributed by atoms with Crippen molar-refractivity contribution >= 4 is 0 Å². The molecule has 0 aliphatic rings. The third-order valence-corrected chi connectivity index (χ3v) is 1.21. The molecule has 0 fully saturated rings. The zero-order valence-electron chi connectivity index (χ0n) is 6.27. The maximum atomic E-state index is 12.4. The van der Waals surface area contributed by atoms with Crippen LogP contribution < -0.4 is 0 Å². The van der Waals surface area contributed by atoms with Crippen LogP contribution in [0.3, 0.4) is 0 Å². The Morgan fingerprint density at radius 1 is 1.55 bits per heavy atom. The second-order valence-corrected chi connectivity index (χ2v) is 2.12. The number of ether oxygens (including phenoxy) is 1. The van der Waals surface area contributed by atoms with Gasteiger partial charge in [-0.2, -0.15) is 0 Å². The Labute approximate surface area is 63.8 Å². The summed E-state index contributed by atoms with van der Waals surface area (Å²) < 4.78 is 41.0. The number of hydrogen-bond donors (Lipinski definition) is 0. The lowest BCUT2D eigenvalue weighted by molar-refractivity contribution is -0.00175. The molecule has 0 aromatic heterocycles. The Morgan fingerprint density at radius 3 is 2.36 bits per heavy atom. The van der Waals surface area contributed by atoms with Gasteiger partial charge in [0.25, 0.3) is 0 Å². The highest BCUT2D eigenvalue weighted by Gasteiger charge is 2.27. The van der Waals surface area contributed by atoms with Gasteiger partial charge in [0, 0.05) is 0 Å². The summed E-state index contributed by atoms with van der Waals surface area (Å²) in [5.74, 6) is 0. The predicted molar refractivity (Wildman–Crippen MR) is 36.5 cm³/mol. The molecule has 0 heterocycles. The lowest BCUT2D eigenvalue weighted by atomic mass is 10.1. The average molecular weight is 168 g/mol. The molecule has 0 N–H and O–H groups in total. The zero-order chi connectivity index (χ0) is 8.85. The molecule has 0 aliphatic carbocycles. The van der Waals surface area contributed by atoms with Crippen molar-refractivity contribution in [2.45, 2.75) is 25.4 Å². The smallest absolute Gasteiger partial charge is 0.168 e. The quantitative estimate of drug-likeness (QED) is 0.572. The fourth-order valence-electron chi connectivity index (χ4n) is 0.680. The molecule has 1 nitrogen and oxygen atoms in total. The van der Waals surface area contributed by atoms with Crippen molar-refractivity contribution in [3.8, 4) is 0 Å². The molecule has 3 unspecified atom stereocenters. The summed E-state index contributed by atoms with van der Waals surface area (Å²) in [6, 6.07) is 0. The fraction of sp³-hybridized carbons (Fsp3) is 0.714. The summed E-state index contributed by atoms with van der Waals surface area (Å²) in [6.07, 6.45) is -3.94. The summed E-state index contributed by atoms with van der Waals surface area (Å²) >= 11 is 0. The topological polar surface area (TPSA) is 9.23 Å². The van der Waals surface area contributed by atoms with E-state index in [-0.39, 0.29) is 0 Å². The van der Waals surface area contributed by atoms with Gasteiger partial charge >= 0.3 is 0 Å². The molecular formula is C7H11F3O. The number of alkyl halides is 3. The van der Waals surface area contributed by atoms with E-state index in [2.05, 4.69) is 11.3 Å². The molecule has 4 heteroatoms. The highest BCUT2D eigenvalue weighted by molar-refractivity contribution is 4.76. The van der Waals surface area contributed by atoms with E-state index in [1.54, 1.807) is 0 Å². The molecule has 0 aromatic carbocycles. The minimum Gasteiger partial charge on any atom is -0.492 e. The normalized spacial score (nSPS) is 18.5. The minimum absolute atomic E-state index is 0.906. The minimum atomic E-state index is -1.92. The van der Waals surface area contributed by atoms with Crippen LogP contribution in [0.5, 0.6) is 0 Å². The highest BCUT2D eigenvalue weighted by Crippen LogP contribution is 2.12. The van der Waals surface area contributed by atoms with Crippen LogP contribution in [0.4, 0.5) is 13.2 Å². The van der Waals surface area contributed by atoms with E-state index in [0.29, 0.717) is 0 Å². The van der Waals surface area contributed by atoms with Crippen LogP contribution in [0.2, 0.25) is 0 Å². The van der Waals surface area contributed by atoms with Crippen LogP contribution in [-0.2, 0) is 4.74 Å². The van der Waals surface area contributed by atoms with Crippen molar-refractivity contribution in [1.29, 1.82) is 0 Å². The first kappa shape index (κ1) is 10.3. The molecule has 0 aromatic rings. The number of rotatable bonds is 5. The lowest BCUT2D eigenvalue weighted by Gasteiger charge is -2.19. The van der Waals surface area contributed by atoms with E-state index in [1.165, 1.54) is 0 Å². The van der Waals surface area contributed by atoms with E-state index in [1.807, 2.05) is 0 Å². The number of hydrogen-bond acceptors (Lipinski definition) is 1. The standard InChI is InChI=1S/C7H11F3O/c1-3-11-7(5(2)9)6(10)4-8/h3,5-7H,1,4H2,2H3. The number of halogens is 3. The van der Waals surface area contributed by atoms with Gasteiger partial charge < -0.3 is 4.74 Å². The molecule has 0 rings (SSSR count). The first-order valence-electron chi connectivity index (χ1n) is 3.24. The molecular weight excluding hydrogens is 157 g/mol. The first-order chi connectivity index (χ1) is 5.13. The van der Waals surface area contributed by atoms with Crippen LogP contribution in [0.1, 0.15) is 6.92 Å². The van der Waals surface area contributed by atoms with Crippen molar-refractivity contribution in [3.63, 3.8) is 0 Å². The summed E-state index contributed by atoms with van der Waals surface area (Å²) in [4.78, 5) is 0. The van der Waals surface area contributed by atoms with Gasteiger partial charge in [-0.3, -0.25) is 0 Å². The molecule has 3 atom stereocenters. The largest absolute Gasteiger partial charge is 0.492 e. The zero-order valence-corrected chi connectivity index (χ0v) is 6.27. The van der Waals surface area contributed by atoms with E-state index >= 15 is 0 Å². The van der Waals surface area contributed by atoms with Crippen LogP contribution in [-0.4, -0.2) is 25.1 Å². The van der Waals surface area contributed by atoms with Gasteiger partial charge in [-0.05, 0) is 6.92 Å². The summed E-state index contributed by atoms with van der Waals surface area (Å²) in [5, 5.41) is 0. The van der Waals surface area contributed by atoms with Crippen molar-refractivity contribution in [2.75, 3.05) is 6.67 Å². The Morgan fingerprint density at radius 2 is 2.09 bits per heavy atom. The summed E-state index contributed by atoms with van der Waals surface area (Å²) in [5.41, 5.74) is 0. The Hall–Kier alpha value is -0.670. The second kappa shape index (κ2) is 5.04. The molecule has 0 amide bonds. The molecule has 0 saturated heterocycles. The Kier molecular flexibility index (Phi) is 4.74. The third-order valence-electron chi connectivity index (χ3n) is 1.21. The molecule has 11 heavy (non-hydrogen) atoms. The van der Waals surface area contributed by atoms with Gasteiger partial charge in [-0.1, -0.05) is 6.58 Å². The van der Waals surface area contributed by atoms with Crippen molar-refractivity contribution in [3.05, 3.63) is 12.8 Å². The summed E-state index contributed by atoms with van der Waals surface area (Å²) in [6.45, 7) is 2.99. The van der Waals surface area contributed by atoms with Gasteiger partial charge in [0.1, 0.15) is 12.8 Å². The van der Waals surface area contributed by atoms with E-state index < -0.39 is 25.1 Å². The van der Waals surface area contributed by atoms with Crippen LogP contribution in [0, 0.1) is 0 Å². The molecule has 0 bridgehead atoms. The van der Waals surface area contributed by atoms with Crippen molar-refractivity contribution in [2.24, 2.45) is 0 Å². The SMILES string of the molecule is C=COC(C(C)F)C(F)CF. The fourth-order valence-corrected chi connectivity index (χ4v) is 0.680. The van der Waals surface area contributed by atoms with Gasteiger partial charge in [0.15, 0.2) is 12.3 Å².